The monoisotopic (exact) mass is 282 g/mol. The van der Waals surface area contributed by atoms with Gasteiger partial charge in [-0.15, -0.1) is 11.3 Å². The van der Waals surface area contributed by atoms with Crippen LogP contribution in [-0.4, -0.2) is 26.1 Å². The van der Waals surface area contributed by atoms with Gasteiger partial charge in [-0.1, -0.05) is 12.8 Å². The highest BCUT2D eigenvalue weighted by atomic mass is 32.1. The average Bonchev–Trinajstić information content (AvgIpc) is 2.93. The lowest BCUT2D eigenvalue weighted by molar-refractivity contribution is 0.0630. The van der Waals surface area contributed by atoms with E-state index in [1.54, 1.807) is 7.11 Å². The number of unbranched alkanes of at least 4 members (excludes halogenated alkanes) is 1. The Balaban J connectivity index is 1.63. The Bertz CT molecular complexity index is 394. The number of thiophene rings is 1. The van der Waals surface area contributed by atoms with Crippen molar-refractivity contribution < 1.29 is 14.3 Å². The molecule has 2 heterocycles. The van der Waals surface area contributed by atoms with Gasteiger partial charge in [0.15, 0.2) is 5.78 Å². The zero-order chi connectivity index (χ0) is 13.5. The Morgan fingerprint density at radius 1 is 1.42 bits per heavy atom. The molecule has 4 heteroatoms. The molecule has 1 aromatic rings. The smallest absolute Gasteiger partial charge is 0.172 e. The van der Waals surface area contributed by atoms with E-state index >= 15 is 0 Å². The van der Waals surface area contributed by atoms with Crippen molar-refractivity contribution in [3.63, 3.8) is 0 Å². The summed E-state index contributed by atoms with van der Waals surface area (Å²) in [5, 5.41) is 1.88. The van der Waals surface area contributed by atoms with Crippen LogP contribution in [-0.2, 0) is 4.74 Å². The lowest BCUT2D eigenvalue weighted by atomic mass is 9.93. The maximum atomic E-state index is 12.0. The number of ether oxygens (including phenoxy) is 2. The van der Waals surface area contributed by atoms with Gasteiger partial charge in [0.05, 0.1) is 12.0 Å². The first-order valence-electron chi connectivity index (χ1n) is 7.03. The molecular formula is C15H22O3S. The van der Waals surface area contributed by atoms with Crippen LogP contribution < -0.4 is 4.74 Å². The molecule has 2 rings (SSSR count). The van der Waals surface area contributed by atoms with Gasteiger partial charge >= 0.3 is 0 Å². The van der Waals surface area contributed by atoms with Gasteiger partial charge in [-0.2, -0.15) is 0 Å². The Morgan fingerprint density at radius 3 is 2.89 bits per heavy atom. The molecule has 1 aromatic heterocycles. The minimum atomic E-state index is 0.250. The summed E-state index contributed by atoms with van der Waals surface area (Å²) in [4.78, 5) is 12.8. The number of hydrogen-bond donors (Lipinski definition) is 0. The molecule has 0 radical (unpaired) electrons. The number of carbonyl (C=O) groups excluding carboxylic acids is 1. The molecule has 0 aliphatic carbocycles. The van der Waals surface area contributed by atoms with Crippen LogP contribution in [0.5, 0.6) is 5.75 Å². The molecule has 0 bridgehead atoms. The SMILES string of the molecule is COc1csc(C(=O)CCCCC2CCOCC2)c1. The first kappa shape index (κ1) is 14.5. The first-order chi connectivity index (χ1) is 9.29. The zero-order valence-corrected chi connectivity index (χ0v) is 12.3. The summed E-state index contributed by atoms with van der Waals surface area (Å²) in [6.07, 6.45) is 6.43. The largest absolute Gasteiger partial charge is 0.496 e. The molecule has 0 atom stereocenters. The van der Waals surface area contributed by atoms with Gasteiger partial charge in [0, 0.05) is 31.1 Å². The van der Waals surface area contributed by atoms with Gasteiger partial charge in [-0.25, -0.2) is 0 Å². The summed E-state index contributed by atoms with van der Waals surface area (Å²) in [5.41, 5.74) is 0. The summed E-state index contributed by atoms with van der Waals surface area (Å²) >= 11 is 1.48. The van der Waals surface area contributed by atoms with E-state index in [0.717, 1.165) is 42.6 Å². The van der Waals surface area contributed by atoms with E-state index < -0.39 is 0 Å². The third-order valence-electron chi connectivity index (χ3n) is 3.69. The highest BCUT2D eigenvalue weighted by Crippen LogP contribution is 2.24. The molecule has 106 valence electrons. The van der Waals surface area contributed by atoms with Crippen LogP contribution in [0, 0.1) is 5.92 Å². The second kappa shape index (κ2) is 7.65. The second-order valence-corrected chi connectivity index (χ2v) is 5.99. The van der Waals surface area contributed by atoms with Gasteiger partial charge in [-0.05, 0) is 25.2 Å². The highest BCUT2D eigenvalue weighted by molar-refractivity contribution is 7.12. The fourth-order valence-electron chi connectivity index (χ4n) is 2.45. The van der Waals surface area contributed by atoms with E-state index in [1.165, 1.54) is 30.6 Å². The van der Waals surface area contributed by atoms with E-state index in [2.05, 4.69) is 0 Å². The topological polar surface area (TPSA) is 35.5 Å². The number of methoxy groups -OCH3 is 1. The second-order valence-electron chi connectivity index (χ2n) is 5.08. The third kappa shape index (κ3) is 4.62. The van der Waals surface area contributed by atoms with E-state index in [0.29, 0.717) is 6.42 Å². The van der Waals surface area contributed by atoms with Crippen LogP contribution in [0.15, 0.2) is 11.4 Å². The highest BCUT2D eigenvalue weighted by Gasteiger charge is 2.14. The molecule has 1 aliphatic rings. The van der Waals surface area contributed by atoms with Crippen molar-refractivity contribution in [1.29, 1.82) is 0 Å². The summed E-state index contributed by atoms with van der Waals surface area (Å²) in [6.45, 7) is 1.83. The molecule has 0 aromatic carbocycles. The standard InChI is InChI=1S/C15H22O3S/c1-17-13-10-15(19-11-13)14(16)5-3-2-4-12-6-8-18-9-7-12/h10-12H,2-9H2,1H3. The fraction of sp³-hybridized carbons (Fsp3) is 0.667. The van der Waals surface area contributed by atoms with E-state index in [-0.39, 0.29) is 5.78 Å². The number of ketones is 1. The van der Waals surface area contributed by atoms with Crippen LogP contribution in [0.1, 0.15) is 48.2 Å². The number of rotatable bonds is 7. The summed E-state index contributed by atoms with van der Waals surface area (Å²) in [7, 11) is 1.63. The van der Waals surface area contributed by atoms with Crippen LogP contribution in [0.3, 0.4) is 0 Å². The van der Waals surface area contributed by atoms with Crippen LogP contribution in [0.4, 0.5) is 0 Å². The van der Waals surface area contributed by atoms with Crippen molar-refractivity contribution in [2.45, 2.75) is 38.5 Å². The van der Waals surface area contributed by atoms with Gasteiger partial charge < -0.3 is 9.47 Å². The molecule has 1 saturated heterocycles. The maximum absolute atomic E-state index is 12.0. The minimum Gasteiger partial charge on any atom is -0.496 e. The van der Waals surface area contributed by atoms with Gasteiger partial charge in [0.25, 0.3) is 0 Å². The molecular weight excluding hydrogens is 260 g/mol. The van der Waals surface area contributed by atoms with Crippen molar-refractivity contribution >= 4 is 17.1 Å². The third-order valence-corrected chi connectivity index (χ3v) is 4.64. The molecule has 0 spiro atoms. The Hall–Kier alpha value is -0.870. The van der Waals surface area contributed by atoms with Crippen molar-refractivity contribution in [2.24, 2.45) is 5.92 Å². The lowest BCUT2D eigenvalue weighted by Crippen LogP contribution is -2.15. The normalized spacial score (nSPS) is 16.5. The molecule has 0 amide bonds. The number of hydrogen-bond acceptors (Lipinski definition) is 4. The summed E-state index contributed by atoms with van der Waals surface area (Å²) in [5.74, 6) is 1.85. The summed E-state index contributed by atoms with van der Waals surface area (Å²) < 4.78 is 10.4. The van der Waals surface area contributed by atoms with E-state index in [4.69, 9.17) is 9.47 Å². The van der Waals surface area contributed by atoms with Crippen molar-refractivity contribution in [3.05, 3.63) is 16.3 Å². The molecule has 0 saturated carbocycles. The van der Waals surface area contributed by atoms with Gasteiger partial charge in [0.1, 0.15) is 5.75 Å². The Labute approximate surface area is 118 Å². The molecule has 0 N–H and O–H groups in total. The molecule has 19 heavy (non-hydrogen) atoms. The maximum Gasteiger partial charge on any atom is 0.172 e. The summed E-state index contributed by atoms with van der Waals surface area (Å²) in [6, 6.07) is 1.84. The van der Waals surface area contributed by atoms with Crippen molar-refractivity contribution in [2.75, 3.05) is 20.3 Å². The Morgan fingerprint density at radius 2 is 2.21 bits per heavy atom. The van der Waals surface area contributed by atoms with Crippen LogP contribution in [0.25, 0.3) is 0 Å². The molecule has 1 fully saturated rings. The first-order valence-corrected chi connectivity index (χ1v) is 7.91. The van der Waals surface area contributed by atoms with E-state index in [9.17, 15) is 4.79 Å². The molecule has 3 nitrogen and oxygen atoms in total. The predicted molar refractivity (Wildman–Crippen MR) is 77.2 cm³/mol. The Kier molecular flexibility index (Phi) is 5.86. The van der Waals surface area contributed by atoms with Gasteiger partial charge in [0.2, 0.25) is 0 Å². The zero-order valence-electron chi connectivity index (χ0n) is 11.5. The molecule has 1 aliphatic heterocycles. The quantitative estimate of drug-likeness (QED) is 0.561. The number of Topliss-reactive ketones (excluding diaryl/α,β-unsaturated/α-hetero) is 1. The van der Waals surface area contributed by atoms with E-state index in [1.807, 2.05) is 11.4 Å². The predicted octanol–water partition coefficient (Wildman–Crippen LogP) is 3.93. The average molecular weight is 282 g/mol. The number of carbonyl (C=O) groups is 1. The van der Waals surface area contributed by atoms with Gasteiger partial charge in [-0.3, -0.25) is 4.79 Å². The fourth-order valence-corrected chi connectivity index (χ4v) is 3.27. The van der Waals surface area contributed by atoms with Crippen LogP contribution >= 0.6 is 11.3 Å². The molecule has 0 unspecified atom stereocenters. The minimum absolute atomic E-state index is 0.250. The van der Waals surface area contributed by atoms with Crippen LogP contribution in [0.2, 0.25) is 0 Å². The van der Waals surface area contributed by atoms with Crippen molar-refractivity contribution in [3.8, 4) is 5.75 Å². The lowest BCUT2D eigenvalue weighted by Gasteiger charge is -2.21. The van der Waals surface area contributed by atoms with Crippen molar-refractivity contribution in [1.82, 2.24) is 0 Å².